The molecule has 49 heavy (non-hydrogen) atoms. The Bertz CT molecular complexity index is 1020. The van der Waals surface area contributed by atoms with Gasteiger partial charge in [0.15, 0.2) is 6.29 Å². The van der Waals surface area contributed by atoms with E-state index in [-0.39, 0.29) is 12.1 Å². The van der Waals surface area contributed by atoms with Crippen LogP contribution in [-0.2, 0) is 14.2 Å². The zero-order valence-electron chi connectivity index (χ0n) is 33.7. The number of ether oxygens (including phenoxy) is 3. The maximum atomic E-state index is 12.6. The molecular formula is C45H75FO3. The van der Waals surface area contributed by atoms with E-state index in [0.29, 0.717) is 17.6 Å². The summed E-state index contributed by atoms with van der Waals surface area (Å²) in [5.41, 5.74) is 5.92. The molecule has 6 rings (SSSR count). The Morgan fingerprint density at radius 1 is 0.510 bits per heavy atom. The van der Waals surface area contributed by atoms with E-state index in [1.807, 2.05) is 19.9 Å². The highest BCUT2D eigenvalue weighted by molar-refractivity contribution is 5.21. The fraction of sp³-hybridized carbons (Fsp3) is 0.689. The minimum atomic E-state index is -0.116. The molecule has 0 bridgehead atoms. The second-order valence-electron chi connectivity index (χ2n) is 15.9. The van der Waals surface area contributed by atoms with Gasteiger partial charge in [0.25, 0.3) is 0 Å². The molecule has 3 fully saturated rings. The van der Waals surface area contributed by atoms with Crippen LogP contribution in [0.25, 0.3) is 0 Å². The van der Waals surface area contributed by atoms with Crippen molar-refractivity contribution in [3.8, 4) is 0 Å². The molecule has 2 aliphatic carbocycles. The van der Waals surface area contributed by atoms with Gasteiger partial charge in [0.2, 0.25) is 0 Å². The molecule has 0 aromatic heterocycles. The van der Waals surface area contributed by atoms with E-state index < -0.39 is 0 Å². The van der Waals surface area contributed by atoms with E-state index in [1.54, 1.807) is 18.6 Å². The number of rotatable bonds is 0. The normalized spacial score (nSPS) is 27.6. The molecule has 3 nitrogen and oxygen atoms in total. The average Bonchev–Trinajstić information content (AvgIpc) is 3.08. The minimum absolute atomic E-state index is 0.0196. The van der Waals surface area contributed by atoms with Gasteiger partial charge in [-0.2, -0.15) is 0 Å². The second-order valence-corrected chi connectivity index (χ2v) is 15.9. The second kappa shape index (κ2) is 25.9. The molecule has 2 saturated heterocycles. The molecule has 0 radical (unpaired) electrons. The lowest BCUT2D eigenvalue weighted by Gasteiger charge is -2.24. The first-order chi connectivity index (χ1) is 23.1. The summed E-state index contributed by atoms with van der Waals surface area (Å²) in [5.74, 6) is 4.24. The molecule has 0 spiro atoms. The first-order valence-corrected chi connectivity index (χ1v) is 19.4. The summed E-state index contributed by atoms with van der Waals surface area (Å²) in [4.78, 5) is 0. The van der Waals surface area contributed by atoms with Crippen LogP contribution in [0.4, 0.5) is 4.39 Å². The smallest absolute Gasteiger partial charge is 0.154 e. The highest BCUT2D eigenvalue weighted by Crippen LogP contribution is 2.27. The Kier molecular flexibility index (Phi) is 23.8. The fourth-order valence-corrected chi connectivity index (χ4v) is 5.57. The molecule has 2 aliphatic heterocycles. The van der Waals surface area contributed by atoms with Crippen molar-refractivity contribution in [1.82, 2.24) is 0 Å². The fourth-order valence-electron chi connectivity index (χ4n) is 5.57. The predicted molar refractivity (Wildman–Crippen MR) is 210 cm³/mol. The van der Waals surface area contributed by atoms with Gasteiger partial charge in [-0.25, -0.2) is 4.39 Å². The summed E-state index contributed by atoms with van der Waals surface area (Å²) in [6.07, 6.45) is 15.5. The van der Waals surface area contributed by atoms with Gasteiger partial charge in [-0.05, 0) is 121 Å². The van der Waals surface area contributed by atoms with Crippen molar-refractivity contribution in [1.29, 1.82) is 0 Å². The first-order valence-electron chi connectivity index (χ1n) is 19.4. The summed E-state index contributed by atoms with van der Waals surface area (Å²) in [6, 6.07) is 13.7. The molecule has 280 valence electrons. The molecule has 3 unspecified atom stereocenters. The Morgan fingerprint density at radius 2 is 0.980 bits per heavy atom. The highest BCUT2D eigenvalue weighted by Gasteiger charge is 2.15. The Hall–Kier alpha value is -2.01. The van der Waals surface area contributed by atoms with Gasteiger partial charge in [-0.3, -0.25) is 0 Å². The van der Waals surface area contributed by atoms with Crippen LogP contribution in [0.3, 0.4) is 0 Å². The van der Waals surface area contributed by atoms with Crippen molar-refractivity contribution < 1.29 is 18.6 Å². The lowest BCUT2D eigenvalue weighted by molar-refractivity contribution is -0.187. The molecule has 0 N–H and O–H groups in total. The summed E-state index contributed by atoms with van der Waals surface area (Å²) in [5, 5.41) is 0. The number of allylic oxidation sites excluding steroid dienone is 2. The van der Waals surface area contributed by atoms with E-state index in [2.05, 4.69) is 92.7 Å². The zero-order valence-corrected chi connectivity index (χ0v) is 33.7. The average molecular weight is 683 g/mol. The zero-order chi connectivity index (χ0) is 36.8. The van der Waals surface area contributed by atoms with Gasteiger partial charge in [-0.15, -0.1) is 0 Å². The molecule has 2 aromatic carbocycles. The lowest BCUT2D eigenvalue weighted by Crippen LogP contribution is -2.27. The molecule has 4 heteroatoms. The SMILES string of the molecule is CC1=CCC(C)CC1.CC1CCC(C)CC1.CC1CCC(C)OC1.CC1COC(C)OC1.Cc1ccc(C)c(F)c1.Cc1ccc(C)cc1. The van der Waals surface area contributed by atoms with Crippen LogP contribution >= 0.6 is 0 Å². The first kappa shape index (κ1) is 45.0. The van der Waals surface area contributed by atoms with Gasteiger partial charge in [-0.1, -0.05) is 119 Å². The summed E-state index contributed by atoms with van der Waals surface area (Å²) in [6.45, 7) is 28.2. The van der Waals surface area contributed by atoms with Crippen LogP contribution in [0.15, 0.2) is 54.1 Å². The summed E-state index contributed by atoms with van der Waals surface area (Å²) < 4.78 is 28.3. The lowest BCUT2D eigenvalue weighted by atomic mass is 9.84. The Balaban J connectivity index is 0.000000294. The third-order valence-electron chi connectivity index (χ3n) is 9.71. The summed E-state index contributed by atoms with van der Waals surface area (Å²) in [7, 11) is 0. The van der Waals surface area contributed by atoms with Crippen molar-refractivity contribution in [2.75, 3.05) is 19.8 Å². The monoisotopic (exact) mass is 683 g/mol. The largest absolute Gasteiger partial charge is 0.378 e. The standard InChI is InChI=1S/C8H9F.C8H16.C8H14.C8H10.C7H14O.C6H12O2/c1-6-3-4-7(2)8(9)5-6;3*1-7-3-5-8(2)6-4-7;1-6-3-4-7(2)8-5-6;1-5-3-7-6(2)8-4-5/h3-5H,1-2H3;7-8H,3-6H2,1-2H3;3,8H,4-6H2,1-2H3;3-6H,1-2H3;6-7H,3-5H2,1-2H3;5-6H,3-4H2,1-2H3. The predicted octanol–water partition coefficient (Wildman–Crippen LogP) is 13.2. The van der Waals surface area contributed by atoms with Gasteiger partial charge in [0.05, 0.1) is 19.3 Å². The highest BCUT2D eigenvalue weighted by atomic mass is 19.1. The van der Waals surface area contributed by atoms with E-state index in [9.17, 15) is 4.39 Å². The maximum absolute atomic E-state index is 12.6. The van der Waals surface area contributed by atoms with Gasteiger partial charge < -0.3 is 14.2 Å². The topological polar surface area (TPSA) is 27.7 Å². The van der Waals surface area contributed by atoms with Crippen molar-refractivity contribution >= 4 is 0 Å². The van der Waals surface area contributed by atoms with Crippen LogP contribution in [0.2, 0.25) is 0 Å². The van der Waals surface area contributed by atoms with Crippen LogP contribution in [-0.4, -0.2) is 32.2 Å². The Morgan fingerprint density at radius 3 is 1.33 bits per heavy atom. The van der Waals surface area contributed by atoms with Crippen LogP contribution in [0.1, 0.15) is 135 Å². The maximum Gasteiger partial charge on any atom is 0.154 e. The summed E-state index contributed by atoms with van der Waals surface area (Å²) >= 11 is 0. The molecule has 2 heterocycles. The van der Waals surface area contributed by atoms with E-state index in [0.717, 1.165) is 49.1 Å². The van der Waals surface area contributed by atoms with Gasteiger partial charge in [0.1, 0.15) is 5.82 Å². The van der Waals surface area contributed by atoms with Crippen molar-refractivity contribution in [3.63, 3.8) is 0 Å². The Labute approximate surface area is 302 Å². The van der Waals surface area contributed by atoms with E-state index in [1.165, 1.54) is 75.0 Å². The quantitative estimate of drug-likeness (QED) is 0.259. The number of halogens is 1. The number of hydrogen-bond donors (Lipinski definition) is 0. The van der Waals surface area contributed by atoms with Gasteiger partial charge >= 0.3 is 0 Å². The molecule has 4 aliphatic rings. The van der Waals surface area contributed by atoms with Gasteiger partial charge in [0, 0.05) is 12.5 Å². The number of benzene rings is 2. The van der Waals surface area contributed by atoms with E-state index >= 15 is 0 Å². The van der Waals surface area contributed by atoms with Crippen molar-refractivity contribution in [3.05, 3.63) is 82.2 Å². The molecule has 3 atom stereocenters. The van der Waals surface area contributed by atoms with E-state index in [4.69, 9.17) is 14.2 Å². The third kappa shape index (κ3) is 23.9. The number of aryl methyl sites for hydroxylation is 4. The minimum Gasteiger partial charge on any atom is -0.378 e. The molecule has 1 saturated carbocycles. The van der Waals surface area contributed by atoms with Crippen LogP contribution < -0.4 is 0 Å². The molecule has 0 amide bonds. The van der Waals surface area contributed by atoms with Crippen molar-refractivity contribution in [2.45, 2.75) is 153 Å². The molecule has 2 aromatic rings. The van der Waals surface area contributed by atoms with Crippen molar-refractivity contribution in [2.24, 2.45) is 29.6 Å². The van der Waals surface area contributed by atoms with Crippen LogP contribution in [0.5, 0.6) is 0 Å². The number of hydrogen-bond acceptors (Lipinski definition) is 3. The third-order valence-corrected chi connectivity index (χ3v) is 9.71. The molecular weight excluding hydrogens is 607 g/mol. The van der Waals surface area contributed by atoms with Crippen LogP contribution in [0, 0.1) is 63.1 Å².